The van der Waals surface area contributed by atoms with Crippen LogP contribution >= 0.6 is 15.4 Å². The first kappa shape index (κ1) is 50.8. The predicted molar refractivity (Wildman–Crippen MR) is 230 cm³/mol. The van der Waals surface area contributed by atoms with E-state index < -0.39 is 113 Å². The number of nitrogens with zero attached hydrogens (tertiary/aromatic N) is 6. The number of aliphatic hydroxyl groups is 1. The fourth-order valence-electron chi connectivity index (χ4n) is 7.11. The van der Waals surface area contributed by atoms with Crippen molar-refractivity contribution in [3.8, 4) is 0 Å². The number of nitrogens with one attached hydrogen (secondary N) is 2. The molecule has 27 nitrogen and oxygen atoms in total. The molecular formula is C38H52N10O17P2. The second-order valence-corrected chi connectivity index (χ2v) is 19.6. The summed E-state index contributed by atoms with van der Waals surface area (Å²) in [5, 5.41) is 16.9. The molecule has 0 radical (unpaired) electrons. The van der Waals surface area contributed by atoms with Crippen molar-refractivity contribution in [2.24, 2.45) is 0 Å². The molecule has 366 valence electrons. The number of unbranched alkanes of at least 4 members (excludes halogenated alkanes) is 1. The van der Waals surface area contributed by atoms with E-state index in [1.807, 2.05) is 6.07 Å². The van der Waals surface area contributed by atoms with E-state index in [2.05, 4.69) is 35.1 Å². The average molecular weight is 983 g/mol. The summed E-state index contributed by atoms with van der Waals surface area (Å²) in [6.07, 6.45) is -7.37. The standard InChI is InChI=1S/C38H52N10O17P2/c1-38(2,3)65-37(53)45-22(11-7-8-13-41-36(52)59-16-21-9-5-4-6-10-21)34(50)64-30-24(63-33(29(30)49)48-20-44-28-31(40)42-19-43-32(28)48)18-60-66(54,55)25-15-27(47-14-12-26(39)46-35(47)51)62-23(25)17-61-67(56,57)58/h4-6,9-10,12,14,19-20,22-25,27,29-30,33,49H,7-8,11,13,15-18H2,1-3H3,(H,41,52)(H,45,53)(H,54,55)(H2,39,46,51)(H2,40,42,43)(H2,56,57,58)/t22-,23?,24+,25-,27+,29+,30+,33+/m0/s1. The lowest BCUT2D eigenvalue weighted by Crippen LogP contribution is -2.47. The van der Waals surface area contributed by atoms with Gasteiger partial charge < -0.3 is 70.1 Å². The van der Waals surface area contributed by atoms with Gasteiger partial charge in [-0.05, 0) is 51.7 Å². The second kappa shape index (κ2) is 21.6. The Morgan fingerprint density at radius 1 is 0.955 bits per heavy atom. The van der Waals surface area contributed by atoms with Crippen molar-refractivity contribution < 1.29 is 76.0 Å². The number of anilines is 2. The lowest BCUT2D eigenvalue weighted by Gasteiger charge is -2.27. The SMILES string of the molecule is CC(C)(C)OC(=O)N[C@@H](CCCCNC(=O)OCc1ccccc1)C(=O)O[C@H]1[C@@H](O)[C@H](n2cnc3c(N)ncnc32)O[C@@H]1COP(=O)(O)[C@H]1C[C@H](n2ccc(N)nc2=O)OC1COP(=O)(O)O. The number of fused-ring (bicyclic) bond motifs is 1. The second-order valence-electron chi connectivity index (χ2n) is 16.3. The van der Waals surface area contributed by atoms with Crippen LogP contribution in [0.3, 0.4) is 0 Å². The number of rotatable bonds is 19. The molecule has 0 saturated carbocycles. The highest BCUT2D eigenvalue weighted by Gasteiger charge is 2.52. The van der Waals surface area contributed by atoms with Crippen molar-refractivity contribution in [1.29, 1.82) is 0 Å². The molecule has 0 bridgehead atoms. The van der Waals surface area contributed by atoms with Crippen LogP contribution in [0, 0.1) is 0 Å². The number of ether oxygens (including phenoxy) is 5. The highest BCUT2D eigenvalue weighted by molar-refractivity contribution is 7.53. The maximum Gasteiger partial charge on any atom is 0.469 e. The van der Waals surface area contributed by atoms with E-state index >= 15 is 0 Å². The number of alkyl carbamates (subject to hydrolysis) is 2. The van der Waals surface area contributed by atoms with Gasteiger partial charge >= 0.3 is 39.3 Å². The molecule has 4 aromatic rings. The fourth-order valence-corrected chi connectivity index (χ4v) is 9.03. The van der Waals surface area contributed by atoms with Crippen LogP contribution in [0.1, 0.15) is 64.5 Å². The molecule has 10 N–H and O–H groups in total. The molecule has 2 unspecified atom stereocenters. The third-order valence-electron chi connectivity index (χ3n) is 10.2. The summed E-state index contributed by atoms with van der Waals surface area (Å²) in [6, 6.07) is 8.89. The monoisotopic (exact) mass is 982 g/mol. The van der Waals surface area contributed by atoms with Gasteiger partial charge in [-0.15, -0.1) is 0 Å². The van der Waals surface area contributed by atoms with Crippen LogP contribution < -0.4 is 27.8 Å². The Bertz CT molecular complexity index is 2520. The normalized spacial score (nSPS) is 23.3. The van der Waals surface area contributed by atoms with Gasteiger partial charge in [0.25, 0.3) is 0 Å². The van der Waals surface area contributed by atoms with E-state index in [1.165, 1.54) is 23.2 Å². The summed E-state index contributed by atoms with van der Waals surface area (Å²) in [6.45, 7) is 3.21. The maximum absolute atomic E-state index is 14.1. The number of aliphatic hydroxyl groups excluding tert-OH is 1. The number of carbonyl (C=O) groups excluding carboxylic acids is 3. The number of imidazole rings is 1. The number of hydrogen-bond acceptors (Lipinski definition) is 20. The van der Waals surface area contributed by atoms with Crippen molar-refractivity contribution in [3.05, 3.63) is 71.3 Å². The molecule has 2 aliphatic rings. The number of aromatic nitrogens is 6. The number of phosphoric acid groups is 1. The third-order valence-corrected chi connectivity index (χ3v) is 12.6. The van der Waals surface area contributed by atoms with Gasteiger partial charge in [-0.1, -0.05) is 30.3 Å². The molecule has 0 aliphatic carbocycles. The van der Waals surface area contributed by atoms with Gasteiger partial charge in [0.15, 0.2) is 23.8 Å². The predicted octanol–water partition coefficient (Wildman–Crippen LogP) is 1.38. The molecule has 1 aromatic carbocycles. The van der Waals surface area contributed by atoms with Gasteiger partial charge in [0.1, 0.15) is 54.3 Å². The Labute approximate surface area is 381 Å². The number of phosphoric ester groups is 1. The Balaban J connectivity index is 1.20. The first-order valence-electron chi connectivity index (χ1n) is 20.7. The van der Waals surface area contributed by atoms with Crippen LogP contribution in [-0.2, 0) is 53.3 Å². The van der Waals surface area contributed by atoms with Gasteiger partial charge in [0, 0.05) is 19.2 Å². The lowest BCUT2D eigenvalue weighted by atomic mass is 10.1. The number of nitrogen functional groups attached to an aromatic ring is 2. The molecule has 9 atom stereocenters. The van der Waals surface area contributed by atoms with Crippen LogP contribution in [0.2, 0.25) is 0 Å². The molecule has 29 heteroatoms. The van der Waals surface area contributed by atoms with Crippen LogP contribution in [0.4, 0.5) is 21.2 Å². The van der Waals surface area contributed by atoms with Gasteiger partial charge in [-0.25, -0.2) is 38.7 Å². The van der Waals surface area contributed by atoms with Crippen molar-refractivity contribution in [3.63, 3.8) is 0 Å². The van der Waals surface area contributed by atoms with Crippen molar-refractivity contribution >= 4 is 56.4 Å². The Morgan fingerprint density at radius 3 is 2.39 bits per heavy atom. The topological polar surface area (TPSA) is 385 Å². The molecule has 0 spiro atoms. The zero-order valence-corrected chi connectivity index (χ0v) is 38.1. The van der Waals surface area contributed by atoms with E-state index in [-0.39, 0.29) is 48.8 Å². The number of esters is 1. The Morgan fingerprint density at radius 2 is 1.69 bits per heavy atom. The van der Waals surface area contributed by atoms with Gasteiger partial charge in [0.05, 0.1) is 31.3 Å². The summed E-state index contributed by atoms with van der Waals surface area (Å²) in [7, 11) is -10.2. The van der Waals surface area contributed by atoms with Gasteiger partial charge in [-0.3, -0.25) is 18.2 Å². The van der Waals surface area contributed by atoms with Gasteiger partial charge in [0.2, 0.25) is 0 Å². The number of amides is 2. The summed E-state index contributed by atoms with van der Waals surface area (Å²) < 4.78 is 66.5. The first-order valence-corrected chi connectivity index (χ1v) is 23.8. The van der Waals surface area contributed by atoms with E-state index in [0.717, 1.165) is 16.5 Å². The van der Waals surface area contributed by atoms with Crippen LogP contribution in [0.15, 0.2) is 60.0 Å². The molecule has 67 heavy (non-hydrogen) atoms. The van der Waals surface area contributed by atoms with Crippen LogP contribution in [0.25, 0.3) is 11.2 Å². The number of carbonyl (C=O) groups is 3. The zero-order chi connectivity index (χ0) is 48.7. The first-order chi connectivity index (χ1) is 31.6. The minimum atomic E-state index is -5.14. The molecule has 2 fully saturated rings. The summed E-state index contributed by atoms with van der Waals surface area (Å²) in [5.74, 6) is -1.22. The molecular weight excluding hydrogens is 930 g/mol. The number of hydrogen-bond donors (Lipinski definition) is 8. The highest BCUT2D eigenvalue weighted by atomic mass is 31.2. The van der Waals surface area contributed by atoms with E-state index in [9.17, 15) is 48.1 Å². The number of benzene rings is 1. The molecule has 5 heterocycles. The molecule has 6 rings (SSSR count). The average Bonchev–Trinajstić information content (AvgIpc) is 3.97. The lowest BCUT2D eigenvalue weighted by molar-refractivity contribution is -0.159. The quantitative estimate of drug-likeness (QED) is 0.0285. The van der Waals surface area contributed by atoms with Crippen molar-refractivity contribution in [2.45, 2.75) is 107 Å². The van der Waals surface area contributed by atoms with Gasteiger partial charge in [-0.2, -0.15) is 4.98 Å². The van der Waals surface area contributed by atoms with Crippen molar-refractivity contribution in [1.82, 2.24) is 39.7 Å². The smallest absolute Gasteiger partial charge is 0.455 e. The molecule has 2 saturated heterocycles. The van der Waals surface area contributed by atoms with Crippen LogP contribution in [0.5, 0.6) is 0 Å². The minimum absolute atomic E-state index is 0.0120. The maximum atomic E-state index is 14.1. The largest absolute Gasteiger partial charge is 0.469 e. The summed E-state index contributed by atoms with van der Waals surface area (Å²) in [4.78, 5) is 98.1. The Kier molecular flexibility index (Phi) is 16.4. The highest BCUT2D eigenvalue weighted by Crippen LogP contribution is 2.56. The Hall–Kier alpha value is -5.60. The van der Waals surface area contributed by atoms with E-state index in [1.54, 1.807) is 45.0 Å². The van der Waals surface area contributed by atoms with E-state index in [4.69, 9.17) is 39.7 Å². The third kappa shape index (κ3) is 13.7. The molecule has 2 amide bonds. The fraction of sp³-hybridized carbons (Fsp3) is 0.526. The molecule has 3 aromatic heterocycles. The molecule has 2 aliphatic heterocycles. The zero-order valence-electron chi connectivity index (χ0n) is 36.3. The summed E-state index contributed by atoms with van der Waals surface area (Å²) >= 11 is 0. The van der Waals surface area contributed by atoms with Crippen molar-refractivity contribution in [2.75, 3.05) is 31.2 Å². The summed E-state index contributed by atoms with van der Waals surface area (Å²) in [5.41, 5.74) is 9.11. The number of nitrogens with two attached hydrogens (primary N) is 2. The van der Waals surface area contributed by atoms with E-state index in [0.29, 0.717) is 6.42 Å². The van der Waals surface area contributed by atoms with Crippen LogP contribution in [-0.4, -0.2) is 128 Å². The minimum Gasteiger partial charge on any atom is -0.455 e.